The third-order valence-corrected chi connectivity index (χ3v) is 12.6. The Balaban J connectivity index is 0.977. The van der Waals surface area contributed by atoms with Crippen molar-refractivity contribution in [3.05, 3.63) is 236 Å². The Bertz CT molecular complexity index is 3490. The topological polar surface area (TPSA) is 13.1 Å². The predicted octanol–water partition coefficient (Wildman–Crippen LogP) is 15.8. The van der Waals surface area contributed by atoms with Gasteiger partial charge in [-0.3, -0.25) is 0 Å². The van der Waals surface area contributed by atoms with Gasteiger partial charge < -0.3 is 14.0 Å². The maximum Gasteiger partial charge on any atom is 0.0619 e. The van der Waals surface area contributed by atoms with E-state index in [1.807, 2.05) is 0 Å². The number of para-hydroxylation sites is 4. The van der Waals surface area contributed by atoms with E-state index in [9.17, 15) is 0 Å². The van der Waals surface area contributed by atoms with Crippen molar-refractivity contribution < 1.29 is 0 Å². The zero-order valence-corrected chi connectivity index (χ0v) is 33.6. The van der Waals surface area contributed by atoms with Gasteiger partial charge in [0.2, 0.25) is 0 Å². The molecule has 12 rings (SSSR count). The number of hydrogen-bond donors (Lipinski definition) is 0. The van der Waals surface area contributed by atoms with Crippen LogP contribution in [0.25, 0.3) is 76.9 Å². The van der Waals surface area contributed by atoms with E-state index in [1.54, 1.807) is 0 Å². The molecule has 0 N–H and O–H groups in total. The van der Waals surface area contributed by atoms with E-state index in [2.05, 4.69) is 245 Å². The molecule has 1 aliphatic rings. The van der Waals surface area contributed by atoms with Gasteiger partial charge in [-0.1, -0.05) is 164 Å². The van der Waals surface area contributed by atoms with Crippen LogP contribution in [-0.2, 0) is 0 Å². The lowest BCUT2D eigenvalue weighted by molar-refractivity contribution is 0.852. The van der Waals surface area contributed by atoms with Crippen LogP contribution in [0.1, 0.15) is 17.9 Å². The number of rotatable bonds is 7. The second-order valence-electron chi connectivity index (χ2n) is 16.1. The highest BCUT2D eigenvalue weighted by molar-refractivity contribution is 6.18. The summed E-state index contributed by atoms with van der Waals surface area (Å²) < 4.78 is 4.84. The monoisotopic (exact) mass is 779 g/mol. The van der Waals surface area contributed by atoms with Gasteiger partial charge in [-0.2, -0.15) is 0 Å². The van der Waals surface area contributed by atoms with Gasteiger partial charge in [-0.05, 0) is 95.2 Å². The van der Waals surface area contributed by atoms with Gasteiger partial charge in [-0.25, -0.2) is 0 Å². The Morgan fingerprint density at radius 2 is 1.00 bits per heavy atom. The minimum atomic E-state index is 0.286. The molecule has 0 spiro atoms. The number of anilines is 3. The number of hydrogen-bond acceptors (Lipinski definition) is 1. The smallest absolute Gasteiger partial charge is 0.0619 e. The highest BCUT2D eigenvalue weighted by atomic mass is 15.1. The minimum Gasteiger partial charge on any atom is -0.310 e. The second-order valence-corrected chi connectivity index (χ2v) is 16.1. The molecule has 11 aromatic rings. The number of fused-ring (bicyclic) bond motifs is 8. The molecule has 0 saturated heterocycles. The molecule has 0 bridgehead atoms. The maximum absolute atomic E-state index is 2.45. The molecule has 2 aromatic heterocycles. The largest absolute Gasteiger partial charge is 0.310 e. The lowest BCUT2D eigenvalue weighted by atomic mass is 9.90. The Morgan fingerprint density at radius 1 is 0.410 bits per heavy atom. The Morgan fingerprint density at radius 3 is 1.77 bits per heavy atom. The first-order valence-corrected chi connectivity index (χ1v) is 21.2. The lowest BCUT2D eigenvalue weighted by Gasteiger charge is -2.30. The van der Waals surface area contributed by atoms with Gasteiger partial charge in [0.25, 0.3) is 0 Å². The summed E-state index contributed by atoms with van der Waals surface area (Å²) in [5, 5.41) is 7.55. The van der Waals surface area contributed by atoms with Crippen molar-refractivity contribution in [2.45, 2.75) is 12.3 Å². The molecule has 1 unspecified atom stereocenters. The van der Waals surface area contributed by atoms with Crippen molar-refractivity contribution in [1.82, 2.24) is 9.13 Å². The molecule has 3 nitrogen and oxygen atoms in total. The quantitative estimate of drug-likeness (QED) is 0.157. The summed E-state index contributed by atoms with van der Waals surface area (Å²) in [6.07, 6.45) is 9.93. The van der Waals surface area contributed by atoms with Gasteiger partial charge in [0.1, 0.15) is 0 Å². The molecular weight excluding hydrogens is 739 g/mol. The molecule has 9 aromatic carbocycles. The molecule has 0 saturated carbocycles. The summed E-state index contributed by atoms with van der Waals surface area (Å²) in [6.45, 7) is 0. The van der Waals surface area contributed by atoms with Crippen LogP contribution < -0.4 is 4.90 Å². The molecule has 0 amide bonds. The van der Waals surface area contributed by atoms with E-state index >= 15 is 0 Å². The zero-order chi connectivity index (χ0) is 40.3. The van der Waals surface area contributed by atoms with E-state index in [0.29, 0.717) is 0 Å². The van der Waals surface area contributed by atoms with Crippen LogP contribution in [0.15, 0.2) is 231 Å². The number of benzene rings is 9. The standard InChI is InChI=1S/C58H41N3/c1-3-15-42(16-4-1)48-20-9-12-24-54(48)59(47-36-38-52-50-22-10-13-25-55(50)60(57(52)39-47)44-18-5-2-6-19-44)45-32-27-40(28-33-45)41-29-34-46(35-30-41)61-56-26-14-11-23-51(56)53-37-31-43-17-7-8-21-49(43)58(53)61/h1-15,17-39,42H,16H2. The van der Waals surface area contributed by atoms with Crippen molar-refractivity contribution in [2.24, 2.45) is 0 Å². The molecule has 1 atom stereocenters. The lowest BCUT2D eigenvalue weighted by Crippen LogP contribution is -2.14. The van der Waals surface area contributed by atoms with Crippen LogP contribution in [0, 0.1) is 0 Å². The summed E-state index contributed by atoms with van der Waals surface area (Å²) >= 11 is 0. The highest BCUT2D eigenvalue weighted by Crippen LogP contribution is 2.44. The fourth-order valence-electron chi connectivity index (χ4n) is 9.80. The van der Waals surface area contributed by atoms with Crippen molar-refractivity contribution in [3.63, 3.8) is 0 Å². The summed E-state index contributed by atoms with van der Waals surface area (Å²) in [5.74, 6) is 0.286. The van der Waals surface area contributed by atoms with Gasteiger partial charge in [-0.15, -0.1) is 0 Å². The third-order valence-electron chi connectivity index (χ3n) is 12.6. The molecule has 0 radical (unpaired) electrons. The fraction of sp³-hybridized carbons (Fsp3) is 0.0345. The molecule has 0 aliphatic heterocycles. The molecule has 1 aliphatic carbocycles. The number of allylic oxidation sites excluding steroid dienone is 4. The number of nitrogens with zero attached hydrogens (tertiary/aromatic N) is 3. The van der Waals surface area contributed by atoms with E-state index in [1.165, 1.54) is 76.8 Å². The highest BCUT2D eigenvalue weighted by Gasteiger charge is 2.22. The SMILES string of the molecule is C1=CCC(c2ccccc2N(c2ccc(-c3ccc(-n4c5ccccc5c5ccc6ccccc6c54)cc3)cc2)c2ccc3c4ccccc4n(-c4ccccc4)c3c2)C=C1. The van der Waals surface area contributed by atoms with Crippen molar-refractivity contribution in [1.29, 1.82) is 0 Å². The van der Waals surface area contributed by atoms with E-state index in [4.69, 9.17) is 0 Å². The first-order valence-electron chi connectivity index (χ1n) is 21.2. The van der Waals surface area contributed by atoms with Crippen molar-refractivity contribution >= 4 is 71.4 Å². The molecule has 288 valence electrons. The normalized spacial score (nSPS) is 13.9. The zero-order valence-electron chi connectivity index (χ0n) is 33.6. The summed E-state index contributed by atoms with van der Waals surface area (Å²) in [4.78, 5) is 2.45. The summed E-state index contributed by atoms with van der Waals surface area (Å²) in [5.41, 5.74) is 14.2. The van der Waals surface area contributed by atoms with Gasteiger partial charge in [0, 0.05) is 61.3 Å². The Labute approximate surface area is 355 Å². The maximum atomic E-state index is 2.45. The Kier molecular flexibility index (Phi) is 8.31. The average molecular weight is 780 g/mol. The van der Waals surface area contributed by atoms with Crippen LogP contribution in [0.5, 0.6) is 0 Å². The fourth-order valence-corrected chi connectivity index (χ4v) is 9.80. The van der Waals surface area contributed by atoms with Crippen LogP contribution in [0.3, 0.4) is 0 Å². The van der Waals surface area contributed by atoms with E-state index in [-0.39, 0.29) is 5.92 Å². The molecule has 61 heavy (non-hydrogen) atoms. The van der Waals surface area contributed by atoms with E-state index < -0.39 is 0 Å². The average Bonchev–Trinajstić information content (AvgIpc) is 3.86. The second kappa shape index (κ2) is 14.4. The first-order chi connectivity index (χ1) is 30.3. The number of aromatic nitrogens is 2. The summed E-state index contributed by atoms with van der Waals surface area (Å²) in [6, 6.07) is 75.6. The van der Waals surface area contributed by atoms with Crippen LogP contribution in [0.2, 0.25) is 0 Å². The first kappa shape index (κ1) is 35.1. The molecule has 2 heterocycles. The molecule has 0 fully saturated rings. The van der Waals surface area contributed by atoms with Crippen molar-refractivity contribution in [3.8, 4) is 22.5 Å². The van der Waals surface area contributed by atoms with Gasteiger partial charge in [0.05, 0.1) is 22.1 Å². The Hall–Kier alpha value is -7.88. The van der Waals surface area contributed by atoms with Gasteiger partial charge >= 0.3 is 0 Å². The summed E-state index contributed by atoms with van der Waals surface area (Å²) in [7, 11) is 0. The molecule has 3 heteroatoms. The van der Waals surface area contributed by atoms with Gasteiger partial charge in [0.15, 0.2) is 0 Å². The molecular formula is C58H41N3. The predicted molar refractivity (Wildman–Crippen MR) is 258 cm³/mol. The van der Waals surface area contributed by atoms with Crippen LogP contribution in [-0.4, -0.2) is 9.13 Å². The minimum absolute atomic E-state index is 0.286. The third kappa shape index (κ3) is 5.81. The van der Waals surface area contributed by atoms with Crippen LogP contribution >= 0.6 is 0 Å². The van der Waals surface area contributed by atoms with Crippen LogP contribution in [0.4, 0.5) is 17.1 Å². The van der Waals surface area contributed by atoms with E-state index in [0.717, 1.165) is 29.2 Å². The van der Waals surface area contributed by atoms with Crippen molar-refractivity contribution in [2.75, 3.05) is 4.90 Å².